The topological polar surface area (TPSA) is 43.8 Å². The minimum Gasteiger partial charge on any atom is -0.371 e. The number of rotatable bonds is 3. The van der Waals surface area contributed by atoms with Gasteiger partial charge in [-0.25, -0.2) is 4.79 Å². The zero-order valence-corrected chi connectivity index (χ0v) is 13.8. The van der Waals surface area contributed by atoms with Gasteiger partial charge in [-0.1, -0.05) is 30.7 Å². The summed E-state index contributed by atoms with van der Waals surface area (Å²) >= 11 is 6.22. The summed E-state index contributed by atoms with van der Waals surface area (Å²) in [4.78, 5) is 16.2. The molecule has 0 bridgehead atoms. The van der Waals surface area contributed by atoms with E-state index >= 15 is 0 Å². The lowest BCUT2D eigenvalue weighted by Crippen LogP contribution is -2.68. The Morgan fingerprint density at radius 2 is 1.90 bits per heavy atom. The van der Waals surface area contributed by atoms with E-state index in [-0.39, 0.29) is 6.03 Å². The molecule has 2 rings (SSSR count). The Morgan fingerprint density at radius 1 is 1.29 bits per heavy atom. The van der Waals surface area contributed by atoms with Crippen molar-refractivity contribution in [3.8, 4) is 0 Å². The fourth-order valence-corrected chi connectivity index (χ4v) is 3.42. The van der Waals surface area contributed by atoms with Crippen molar-refractivity contribution in [3.63, 3.8) is 0 Å². The van der Waals surface area contributed by atoms with E-state index in [4.69, 9.17) is 11.6 Å². The van der Waals surface area contributed by atoms with Gasteiger partial charge in [0.2, 0.25) is 0 Å². The van der Waals surface area contributed by atoms with Crippen LogP contribution in [0.5, 0.6) is 0 Å². The lowest BCUT2D eigenvalue weighted by Gasteiger charge is -2.53. The molecule has 1 saturated heterocycles. The number of halogens is 1. The normalized spacial score (nSPS) is 25.3. The van der Waals surface area contributed by atoms with E-state index in [0.717, 1.165) is 6.42 Å². The van der Waals surface area contributed by atoms with Crippen LogP contribution in [-0.2, 0) is 0 Å². The maximum Gasteiger partial charge on any atom is 0.327 e. The first kappa shape index (κ1) is 16.1. The smallest absolute Gasteiger partial charge is 0.327 e. The zero-order valence-electron chi connectivity index (χ0n) is 13.1. The lowest BCUT2D eigenvalue weighted by molar-refractivity contribution is -0.0252. The summed E-state index contributed by atoms with van der Waals surface area (Å²) in [6.07, 6.45) is 1.32. The lowest BCUT2D eigenvalue weighted by atomic mass is 9.87. The van der Waals surface area contributed by atoms with E-state index in [9.17, 15) is 9.90 Å². The van der Waals surface area contributed by atoms with Gasteiger partial charge < -0.3 is 10.0 Å². The number of amides is 2. The van der Waals surface area contributed by atoms with Gasteiger partial charge in [0, 0.05) is 18.5 Å². The van der Waals surface area contributed by atoms with Gasteiger partial charge in [0.05, 0.1) is 10.7 Å². The van der Waals surface area contributed by atoms with E-state index in [1.807, 2.05) is 37.8 Å². The van der Waals surface area contributed by atoms with E-state index in [1.54, 1.807) is 19.1 Å². The zero-order chi connectivity index (χ0) is 15.8. The minimum absolute atomic E-state index is 0.203. The van der Waals surface area contributed by atoms with Crippen LogP contribution in [-0.4, -0.2) is 33.8 Å². The van der Waals surface area contributed by atoms with Gasteiger partial charge >= 0.3 is 6.03 Å². The summed E-state index contributed by atoms with van der Waals surface area (Å²) in [5.41, 5.74) is -1.12. The highest BCUT2D eigenvalue weighted by atomic mass is 35.5. The average molecular weight is 311 g/mol. The van der Waals surface area contributed by atoms with Crippen molar-refractivity contribution < 1.29 is 9.90 Å². The van der Waals surface area contributed by atoms with Gasteiger partial charge in [0.15, 0.2) is 0 Å². The van der Waals surface area contributed by atoms with Crippen LogP contribution in [0, 0.1) is 0 Å². The Labute approximate surface area is 131 Å². The highest BCUT2D eigenvalue weighted by Gasteiger charge is 2.50. The van der Waals surface area contributed by atoms with Crippen LogP contribution in [0.25, 0.3) is 0 Å². The Balaban J connectivity index is 2.49. The van der Waals surface area contributed by atoms with Crippen molar-refractivity contribution in [2.45, 2.75) is 51.8 Å². The Hall–Kier alpha value is -1.26. The van der Waals surface area contributed by atoms with Crippen molar-refractivity contribution in [2.24, 2.45) is 0 Å². The van der Waals surface area contributed by atoms with Crippen LogP contribution in [0.15, 0.2) is 24.3 Å². The second kappa shape index (κ2) is 5.50. The molecule has 1 unspecified atom stereocenters. The van der Waals surface area contributed by atoms with Gasteiger partial charge in [-0.2, -0.15) is 0 Å². The van der Waals surface area contributed by atoms with Crippen molar-refractivity contribution in [2.75, 3.05) is 11.4 Å². The van der Waals surface area contributed by atoms with Crippen molar-refractivity contribution >= 4 is 23.3 Å². The number of benzene rings is 1. The molecule has 0 radical (unpaired) electrons. The highest BCUT2D eigenvalue weighted by Crippen LogP contribution is 2.40. The molecule has 1 aliphatic heterocycles. The molecular weight excluding hydrogens is 288 g/mol. The largest absolute Gasteiger partial charge is 0.371 e. The summed E-state index contributed by atoms with van der Waals surface area (Å²) in [6.45, 7) is 8.33. The van der Waals surface area contributed by atoms with Crippen LogP contribution in [0.1, 0.15) is 40.5 Å². The first-order valence-corrected chi connectivity index (χ1v) is 7.67. The monoisotopic (exact) mass is 310 g/mol. The molecule has 2 amide bonds. The predicted molar refractivity (Wildman–Crippen MR) is 85.6 cm³/mol. The number of anilines is 1. The van der Waals surface area contributed by atoms with Crippen LogP contribution >= 0.6 is 11.6 Å². The number of carbonyl (C=O) groups excluding carboxylic acids is 1. The Kier molecular flexibility index (Phi) is 4.22. The molecule has 1 aliphatic rings. The molecule has 1 aromatic rings. The summed E-state index contributed by atoms with van der Waals surface area (Å²) in [5, 5.41) is 11.3. The van der Waals surface area contributed by atoms with Crippen molar-refractivity contribution in [1.82, 2.24) is 4.90 Å². The van der Waals surface area contributed by atoms with E-state index in [2.05, 4.69) is 0 Å². The second-order valence-corrected chi connectivity index (χ2v) is 6.83. The number of urea groups is 1. The van der Waals surface area contributed by atoms with Gasteiger partial charge in [-0.15, -0.1) is 0 Å². The third-order valence-electron chi connectivity index (χ3n) is 3.94. The molecule has 4 nitrogen and oxygen atoms in total. The molecule has 0 aromatic heterocycles. The van der Waals surface area contributed by atoms with Gasteiger partial charge in [-0.05, 0) is 39.3 Å². The fourth-order valence-electron chi connectivity index (χ4n) is 3.20. The molecule has 1 atom stereocenters. The molecule has 5 heteroatoms. The molecule has 1 heterocycles. The number of carbonyl (C=O) groups is 1. The predicted octanol–water partition coefficient (Wildman–Crippen LogP) is 3.87. The number of para-hydroxylation sites is 1. The first-order chi connectivity index (χ1) is 9.70. The summed E-state index contributed by atoms with van der Waals surface area (Å²) in [5.74, 6) is 0. The number of nitrogens with zero attached hydrogens (tertiary/aromatic N) is 2. The number of aliphatic hydroxyl groups is 1. The summed E-state index contributed by atoms with van der Waals surface area (Å²) in [6, 6.07) is 6.91. The Morgan fingerprint density at radius 3 is 2.48 bits per heavy atom. The van der Waals surface area contributed by atoms with E-state index in [0.29, 0.717) is 23.7 Å². The van der Waals surface area contributed by atoms with Crippen LogP contribution in [0.3, 0.4) is 0 Å². The van der Waals surface area contributed by atoms with Crippen LogP contribution in [0.2, 0.25) is 5.02 Å². The molecule has 116 valence electrons. The van der Waals surface area contributed by atoms with Crippen molar-refractivity contribution in [1.29, 1.82) is 0 Å². The quantitative estimate of drug-likeness (QED) is 0.921. The third-order valence-corrected chi connectivity index (χ3v) is 4.26. The number of hydrogen-bond acceptors (Lipinski definition) is 2. The molecular formula is C16H23ClN2O2. The van der Waals surface area contributed by atoms with Crippen LogP contribution < -0.4 is 4.90 Å². The van der Waals surface area contributed by atoms with Gasteiger partial charge in [-0.3, -0.25) is 4.90 Å². The van der Waals surface area contributed by atoms with Gasteiger partial charge in [0.25, 0.3) is 0 Å². The summed E-state index contributed by atoms with van der Waals surface area (Å²) < 4.78 is 0. The molecule has 1 fully saturated rings. The van der Waals surface area contributed by atoms with Gasteiger partial charge in [0.1, 0.15) is 5.72 Å². The first-order valence-electron chi connectivity index (χ1n) is 7.29. The summed E-state index contributed by atoms with van der Waals surface area (Å²) in [7, 11) is 0. The minimum atomic E-state index is -1.27. The van der Waals surface area contributed by atoms with Crippen molar-refractivity contribution in [3.05, 3.63) is 29.3 Å². The SMILES string of the molecule is CCCN1C(=O)N(c2ccccc2Cl)C(C)(O)CC1(C)C. The van der Waals surface area contributed by atoms with E-state index < -0.39 is 11.3 Å². The van der Waals surface area contributed by atoms with E-state index in [1.165, 1.54) is 4.90 Å². The number of hydrogen-bond donors (Lipinski definition) is 1. The average Bonchev–Trinajstić information content (AvgIpc) is 2.35. The molecule has 0 spiro atoms. The maximum absolute atomic E-state index is 12.9. The molecule has 0 saturated carbocycles. The fraction of sp³-hybridized carbons (Fsp3) is 0.562. The third kappa shape index (κ3) is 2.87. The highest BCUT2D eigenvalue weighted by molar-refractivity contribution is 6.33. The Bertz CT molecular complexity index is 543. The molecule has 21 heavy (non-hydrogen) atoms. The molecule has 1 N–H and O–H groups in total. The molecule has 0 aliphatic carbocycles. The van der Waals surface area contributed by atoms with Crippen LogP contribution in [0.4, 0.5) is 10.5 Å². The second-order valence-electron chi connectivity index (χ2n) is 6.43. The standard InChI is InChI=1S/C16H23ClN2O2/c1-5-10-18-14(20)19(13-9-7-6-8-12(13)17)16(4,21)11-15(18,2)3/h6-9,21H,5,10-11H2,1-4H3. The molecule has 1 aromatic carbocycles. The maximum atomic E-state index is 12.9.